The van der Waals surface area contributed by atoms with Gasteiger partial charge in [0.25, 0.3) is 0 Å². The molecule has 128 valence electrons. The number of hydrogen-bond donors (Lipinski definition) is 2. The highest BCUT2D eigenvalue weighted by Crippen LogP contribution is 2.39. The van der Waals surface area contributed by atoms with E-state index in [1.807, 2.05) is 18.2 Å². The lowest BCUT2D eigenvalue weighted by atomic mass is 9.89. The second-order valence-corrected chi connectivity index (χ2v) is 7.93. The summed E-state index contributed by atoms with van der Waals surface area (Å²) in [7, 11) is 0. The smallest absolute Gasteiger partial charge is 0.228 e. The number of amides is 1. The van der Waals surface area contributed by atoms with E-state index >= 15 is 0 Å². The predicted molar refractivity (Wildman–Crippen MR) is 97.3 cm³/mol. The lowest BCUT2D eigenvalue weighted by Crippen LogP contribution is -2.54. The van der Waals surface area contributed by atoms with Crippen molar-refractivity contribution >= 4 is 28.4 Å². The standard InChI is InChI=1S/C19H24ClN3O/c1-11(2)7-17-18-14(15-8-13(20)3-4-16(15)22-18)5-6-23(17)19(24)12-9-21-10-12/h3-4,8,11-12,17,21-22H,5-7,9-10H2,1-2H3. The maximum Gasteiger partial charge on any atom is 0.228 e. The zero-order chi connectivity index (χ0) is 16.8. The summed E-state index contributed by atoms with van der Waals surface area (Å²) in [6, 6.07) is 6.16. The van der Waals surface area contributed by atoms with Crippen LogP contribution in [0.3, 0.4) is 0 Å². The number of rotatable bonds is 3. The molecule has 2 aliphatic heterocycles. The number of aromatic nitrogens is 1. The van der Waals surface area contributed by atoms with Crippen LogP contribution in [-0.2, 0) is 11.2 Å². The number of carbonyl (C=O) groups is 1. The predicted octanol–water partition coefficient (Wildman–Crippen LogP) is 3.51. The summed E-state index contributed by atoms with van der Waals surface area (Å²) >= 11 is 6.20. The molecule has 4 rings (SSSR count). The SMILES string of the molecule is CC(C)CC1c2[nH]c3ccc(Cl)cc3c2CCN1C(=O)C1CNC1. The van der Waals surface area contributed by atoms with Gasteiger partial charge in [-0.2, -0.15) is 0 Å². The number of hydrogen-bond acceptors (Lipinski definition) is 2. The number of halogens is 1. The molecule has 1 atom stereocenters. The topological polar surface area (TPSA) is 48.1 Å². The van der Waals surface area contributed by atoms with Crippen molar-refractivity contribution in [2.75, 3.05) is 19.6 Å². The van der Waals surface area contributed by atoms with Crippen LogP contribution < -0.4 is 5.32 Å². The van der Waals surface area contributed by atoms with E-state index in [1.54, 1.807) is 0 Å². The Bertz CT molecular complexity index is 778. The second-order valence-electron chi connectivity index (χ2n) is 7.49. The monoisotopic (exact) mass is 345 g/mol. The summed E-state index contributed by atoms with van der Waals surface area (Å²) in [6.07, 6.45) is 1.88. The van der Waals surface area contributed by atoms with Crippen LogP contribution in [0, 0.1) is 11.8 Å². The van der Waals surface area contributed by atoms with Crippen LogP contribution in [0.5, 0.6) is 0 Å². The van der Waals surface area contributed by atoms with Gasteiger partial charge in [-0.25, -0.2) is 0 Å². The van der Waals surface area contributed by atoms with Crippen molar-refractivity contribution in [1.82, 2.24) is 15.2 Å². The van der Waals surface area contributed by atoms with Gasteiger partial charge in [0.1, 0.15) is 0 Å². The Balaban J connectivity index is 1.75. The third-order valence-electron chi connectivity index (χ3n) is 5.32. The molecule has 1 saturated heterocycles. The summed E-state index contributed by atoms with van der Waals surface area (Å²) < 4.78 is 0. The lowest BCUT2D eigenvalue weighted by molar-refractivity contribution is -0.140. The minimum absolute atomic E-state index is 0.146. The van der Waals surface area contributed by atoms with E-state index in [2.05, 4.69) is 29.0 Å². The van der Waals surface area contributed by atoms with Crippen molar-refractivity contribution < 1.29 is 4.79 Å². The minimum Gasteiger partial charge on any atom is -0.356 e. The Morgan fingerprint density at radius 1 is 1.38 bits per heavy atom. The van der Waals surface area contributed by atoms with Crippen LogP contribution in [-0.4, -0.2) is 35.4 Å². The van der Waals surface area contributed by atoms with Crippen molar-refractivity contribution in [2.45, 2.75) is 32.7 Å². The summed E-state index contributed by atoms with van der Waals surface area (Å²) in [5.74, 6) is 0.993. The van der Waals surface area contributed by atoms with Crippen LogP contribution in [0.4, 0.5) is 0 Å². The highest BCUT2D eigenvalue weighted by molar-refractivity contribution is 6.31. The van der Waals surface area contributed by atoms with E-state index in [1.165, 1.54) is 16.6 Å². The molecule has 2 aromatic rings. The molecular weight excluding hydrogens is 322 g/mol. The fourth-order valence-corrected chi connectivity index (χ4v) is 4.16. The van der Waals surface area contributed by atoms with E-state index in [-0.39, 0.29) is 12.0 Å². The molecule has 24 heavy (non-hydrogen) atoms. The molecule has 1 amide bonds. The summed E-state index contributed by atoms with van der Waals surface area (Å²) in [5.41, 5.74) is 3.68. The lowest BCUT2D eigenvalue weighted by Gasteiger charge is -2.40. The van der Waals surface area contributed by atoms with Gasteiger partial charge in [0.2, 0.25) is 5.91 Å². The van der Waals surface area contributed by atoms with Gasteiger partial charge in [0, 0.05) is 41.3 Å². The van der Waals surface area contributed by atoms with Gasteiger partial charge in [-0.3, -0.25) is 4.79 Å². The Morgan fingerprint density at radius 2 is 2.17 bits per heavy atom. The number of nitrogens with zero attached hydrogens (tertiary/aromatic N) is 1. The molecule has 0 saturated carbocycles. The minimum atomic E-state index is 0.146. The average Bonchev–Trinajstić information content (AvgIpc) is 2.83. The van der Waals surface area contributed by atoms with Gasteiger partial charge in [-0.15, -0.1) is 0 Å². The zero-order valence-corrected chi connectivity index (χ0v) is 15.0. The molecule has 0 radical (unpaired) electrons. The maximum absolute atomic E-state index is 12.9. The van der Waals surface area contributed by atoms with Crippen molar-refractivity contribution in [3.63, 3.8) is 0 Å². The van der Waals surface area contributed by atoms with Crippen LogP contribution >= 0.6 is 11.6 Å². The van der Waals surface area contributed by atoms with E-state index in [0.717, 1.165) is 43.0 Å². The van der Waals surface area contributed by atoms with Crippen molar-refractivity contribution in [3.8, 4) is 0 Å². The molecule has 0 spiro atoms. The molecule has 2 N–H and O–H groups in total. The van der Waals surface area contributed by atoms with E-state index in [9.17, 15) is 4.79 Å². The first kappa shape index (κ1) is 16.0. The van der Waals surface area contributed by atoms with Gasteiger partial charge in [0.15, 0.2) is 0 Å². The van der Waals surface area contributed by atoms with Crippen molar-refractivity contribution in [3.05, 3.63) is 34.5 Å². The van der Waals surface area contributed by atoms with Crippen molar-refractivity contribution in [2.24, 2.45) is 11.8 Å². The fraction of sp³-hybridized carbons (Fsp3) is 0.526. The van der Waals surface area contributed by atoms with Crippen LogP contribution in [0.2, 0.25) is 5.02 Å². The van der Waals surface area contributed by atoms with Crippen LogP contribution in [0.25, 0.3) is 10.9 Å². The number of nitrogens with one attached hydrogen (secondary N) is 2. The molecule has 1 aromatic carbocycles. The fourth-order valence-electron chi connectivity index (χ4n) is 3.99. The van der Waals surface area contributed by atoms with Gasteiger partial charge < -0.3 is 15.2 Å². The molecular formula is C19H24ClN3O. The largest absolute Gasteiger partial charge is 0.356 e. The Kier molecular flexibility index (Phi) is 4.05. The molecule has 1 fully saturated rings. The molecule has 2 aliphatic rings. The second kappa shape index (κ2) is 6.08. The average molecular weight is 346 g/mol. The highest BCUT2D eigenvalue weighted by Gasteiger charge is 2.38. The summed E-state index contributed by atoms with van der Waals surface area (Å²) in [6.45, 7) is 6.89. The Labute approximate surface area is 147 Å². The van der Waals surface area contributed by atoms with Gasteiger partial charge in [0.05, 0.1) is 12.0 Å². The van der Waals surface area contributed by atoms with Gasteiger partial charge >= 0.3 is 0 Å². The number of carbonyl (C=O) groups excluding carboxylic acids is 1. The first-order chi connectivity index (χ1) is 11.5. The quantitative estimate of drug-likeness (QED) is 0.894. The van der Waals surface area contributed by atoms with E-state index in [0.29, 0.717) is 11.8 Å². The zero-order valence-electron chi connectivity index (χ0n) is 14.2. The maximum atomic E-state index is 12.9. The molecule has 3 heterocycles. The molecule has 1 aromatic heterocycles. The summed E-state index contributed by atoms with van der Waals surface area (Å²) in [5, 5.41) is 5.19. The Morgan fingerprint density at radius 3 is 2.83 bits per heavy atom. The van der Waals surface area contributed by atoms with Gasteiger partial charge in [-0.05, 0) is 42.5 Å². The van der Waals surface area contributed by atoms with E-state index in [4.69, 9.17) is 11.6 Å². The van der Waals surface area contributed by atoms with Gasteiger partial charge in [-0.1, -0.05) is 25.4 Å². The summed E-state index contributed by atoms with van der Waals surface area (Å²) in [4.78, 5) is 18.6. The first-order valence-electron chi connectivity index (χ1n) is 8.85. The Hall–Kier alpha value is -1.52. The highest BCUT2D eigenvalue weighted by atomic mass is 35.5. The molecule has 4 nitrogen and oxygen atoms in total. The number of H-pyrrole nitrogens is 1. The third kappa shape index (κ3) is 2.62. The number of aromatic amines is 1. The molecule has 0 bridgehead atoms. The third-order valence-corrected chi connectivity index (χ3v) is 5.56. The van der Waals surface area contributed by atoms with Crippen LogP contribution in [0.15, 0.2) is 18.2 Å². The normalized spacial score (nSPS) is 21.2. The molecule has 1 unspecified atom stereocenters. The number of benzene rings is 1. The van der Waals surface area contributed by atoms with Crippen molar-refractivity contribution in [1.29, 1.82) is 0 Å². The van der Waals surface area contributed by atoms with E-state index < -0.39 is 0 Å². The molecule has 0 aliphatic carbocycles. The first-order valence-corrected chi connectivity index (χ1v) is 9.23. The number of fused-ring (bicyclic) bond motifs is 3. The molecule has 5 heteroatoms. The van der Waals surface area contributed by atoms with Crippen LogP contribution in [0.1, 0.15) is 37.6 Å².